The van der Waals surface area contributed by atoms with Crippen molar-refractivity contribution in [3.05, 3.63) is 26.9 Å². The van der Waals surface area contributed by atoms with E-state index in [4.69, 9.17) is 0 Å². The van der Waals surface area contributed by atoms with Crippen LogP contribution in [0.4, 0.5) is 11.5 Å². The van der Waals surface area contributed by atoms with Crippen LogP contribution < -0.4 is 5.32 Å². The third kappa shape index (κ3) is 5.12. The van der Waals surface area contributed by atoms with E-state index in [-0.39, 0.29) is 5.69 Å². The summed E-state index contributed by atoms with van der Waals surface area (Å²) in [5, 5.41) is 13.7. The van der Waals surface area contributed by atoms with Gasteiger partial charge >= 0.3 is 0 Å². The van der Waals surface area contributed by atoms with E-state index in [1.165, 1.54) is 12.3 Å². The summed E-state index contributed by atoms with van der Waals surface area (Å²) >= 11 is 3.28. The summed E-state index contributed by atoms with van der Waals surface area (Å²) in [6.45, 7) is 6.08. The van der Waals surface area contributed by atoms with Crippen LogP contribution in [0.15, 0.2) is 16.7 Å². The fraction of sp³-hybridized carbons (Fsp3) is 0.583. The fourth-order valence-corrected chi connectivity index (χ4v) is 1.93. The van der Waals surface area contributed by atoms with Crippen molar-refractivity contribution in [1.82, 2.24) is 9.88 Å². The standard InChI is InChI=1S/C12H19BrN4O2/c1-9(2)16(3)6-4-5-14-12-11(13)7-10(8-15-12)17(18)19/h7-9H,4-6H2,1-3H3,(H,14,15). The summed E-state index contributed by atoms with van der Waals surface area (Å²) in [5.74, 6) is 0.637. The largest absolute Gasteiger partial charge is 0.369 e. The molecule has 0 aliphatic heterocycles. The number of anilines is 1. The summed E-state index contributed by atoms with van der Waals surface area (Å²) in [4.78, 5) is 16.4. The van der Waals surface area contributed by atoms with Crippen LogP contribution >= 0.6 is 15.9 Å². The highest BCUT2D eigenvalue weighted by Gasteiger charge is 2.10. The van der Waals surface area contributed by atoms with Gasteiger partial charge in [-0.25, -0.2) is 4.98 Å². The van der Waals surface area contributed by atoms with Crippen molar-refractivity contribution in [3.8, 4) is 0 Å². The van der Waals surface area contributed by atoms with E-state index < -0.39 is 4.92 Å². The monoisotopic (exact) mass is 330 g/mol. The van der Waals surface area contributed by atoms with E-state index in [2.05, 4.69) is 52.0 Å². The number of halogens is 1. The average Bonchev–Trinajstić information content (AvgIpc) is 2.35. The van der Waals surface area contributed by atoms with Crippen LogP contribution in [0, 0.1) is 10.1 Å². The normalized spacial score (nSPS) is 11.1. The summed E-state index contributed by atoms with van der Waals surface area (Å²) in [7, 11) is 2.09. The highest BCUT2D eigenvalue weighted by molar-refractivity contribution is 9.10. The predicted octanol–water partition coefficient (Wildman–Crippen LogP) is 2.89. The van der Waals surface area contributed by atoms with Crippen LogP contribution in [-0.4, -0.2) is 41.0 Å². The zero-order valence-corrected chi connectivity index (χ0v) is 13.0. The molecule has 0 fully saturated rings. The number of pyridine rings is 1. The molecule has 1 N–H and O–H groups in total. The van der Waals surface area contributed by atoms with Gasteiger partial charge in [-0.05, 0) is 49.8 Å². The molecule has 0 radical (unpaired) electrons. The molecule has 6 nitrogen and oxygen atoms in total. The van der Waals surface area contributed by atoms with Gasteiger partial charge in [0.05, 0.1) is 9.40 Å². The molecule has 0 saturated heterocycles. The minimum absolute atomic E-state index is 0.0167. The van der Waals surface area contributed by atoms with Crippen molar-refractivity contribution in [2.24, 2.45) is 0 Å². The van der Waals surface area contributed by atoms with Crippen molar-refractivity contribution >= 4 is 27.4 Å². The maximum Gasteiger partial charge on any atom is 0.288 e. The predicted molar refractivity (Wildman–Crippen MR) is 79.5 cm³/mol. The molecule has 1 aromatic heterocycles. The Morgan fingerprint density at radius 1 is 1.58 bits per heavy atom. The number of rotatable bonds is 7. The smallest absolute Gasteiger partial charge is 0.288 e. The van der Waals surface area contributed by atoms with Crippen LogP contribution in [0.5, 0.6) is 0 Å². The Labute approximate surface area is 121 Å². The second-order valence-corrected chi connectivity index (χ2v) is 5.49. The lowest BCUT2D eigenvalue weighted by molar-refractivity contribution is -0.385. The van der Waals surface area contributed by atoms with Gasteiger partial charge in [-0.15, -0.1) is 0 Å². The SMILES string of the molecule is CC(C)N(C)CCCNc1ncc([N+](=O)[O-])cc1Br. The van der Waals surface area contributed by atoms with Gasteiger partial charge in [-0.1, -0.05) is 0 Å². The number of nitrogens with one attached hydrogen (secondary N) is 1. The van der Waals surface area contributed by atoms with E-state index >= 15 is 0 Å². The van der Waals surface area contributed by atoms with E-state index in [0.717, 1.165) is 19.5 Å². The molecule has 0 amide bonds. The molecule has 0 saturated carbocycles. The summed E-state index contributed by atoms with van der Waals surface area (Å²) < 4.78 is 0.610. The second-order valence-electron chi connectivity index (χ2n) is 4.64. The maximum absolute atomic E-state index is 10.6. The number of nitro groups is 1. The topological polar surface area (TPSA) is 71.3 Å². The zero-order valence-electron chi connectivity index (χ0n) is 11.4. The molecule has 0 unspecified atom stereocenters. The first kappa shape index (κ1) is 15.8. The zero-order chi connectivity index (χ0) is 14.4. The van der Waals surface area contributed by atoms with Crippen molar-refractivity contribution in [2.75, 3.05) is 25.5 Å². The Kier molecular flexibility index (Phi) is 6.17. The number of aromatic nitrogens is 1. The average molecular weight is 331 g/mol. The van der Waals surface area contributed by atoms with Gasteiger partial charge in [0.25, 0.3) is 5.69 Å². The number of hydrogen-bond acceptors (Lipinski definition) is 5. The van der Waals surface area contributed by atoms with Crippen molar-refractivity contribution in [2.45, 2.75) is 26.3 Å². The molecular weight excluding hydrogens is 312 g/mol. The first-order chi connectivity index (χ1) is 8.91. The molecule has 7 heteroatoms. The molecule has 0 aliphatic rings. The Bertz CT molecular complexity index is 440. The molecule has 0 atom stereocenters. The highest BCUT2D eigenvalue weighted by Crippen LogP contribution is 2.24. The van der Waals surface area contributed by atoms with Gasteiger partial charge in [-0.2, -0.15) is 0 Å². The van der Waals surface area contributed by atoms with Gasteiger partial charge < -0.3 is 10.2 Å². The van der Waals surface area contributed by atoms with E-state index in [1.807, 2.05) is 0 Å². The molecule has 1 heterocycles. The molecule has 0 aromatic carbocycles. The van der Waals surface area contributed by atoms with Crippen LogP contribution in [0.3, 0.4) is 0 Å². The summed E-state index contributed by atoms with van der Waals surface area (Å²) in [6.07, 6.45) is 2.24. The maximum atomic E-state index is 10.6. The fourth-order valence-electron chi connectivity index (χ4n) is 1.45. The number of nitrogens with zero attached hydrogens (tertiary/aromatic N) is 3. The minimum Gasteiger partial charge on any atom is -0.369 e. The van der Waals surface area contributed by atoms with E-state index in [9.17, 15) is 10.1 Å². The first-order valence-electron chi connectivity index (χ1n) is 6.16. The number of hydrogen-bond donors (Lipinski definition) is 1. The highest BCUT2D eigenvalue weighted by atomic mass is 79.9. The molecule has 0 spiro atoms. The third-order valence-corrected chi connectivity index (χ3v) is 3.50. The minimum atomic E-state index is -0.459. The van der Waals surface area contributed by atoms with Gasteiger partial charge in [-0.3, -0.25) is 10.1 Å². The molecule has 0 aliphatic carbocycles. The van der Waals surface area contributed by atoms with Gasteiger partial charge in [0.15, 0.2) is 0 Å². The molecule has 19 heavy (non-hydrogen) atoms. The molecular formula is C12H19BrN4O2. The summed E-state index contributed by atoms with van der Waals surface area (Å²) in [6, 6.07) is 1.99. The van der Waals surface area contributed by atoms with Gasteiger partial charge in [0.1, 0.15) is 12.0 Å². The van der Waals surface area contributed by atoms with Crippen molar-refractivity contribution in [1.29, 1.82) is 0 Å². The molecule has 0 bridgehead atoms. The first-order valence-corrected chi connectivity index (χ1v) is 6.95. The Morgan fingerprint density at radius 3 is 2.79 bits per heavy atom. The lowest BCUT2D eigenvalue weighted by Gasteiger charge is -2.20. The third-order valence-electron chi connectivity index (χ3n) is 2.90. The van der Waals surface area contributed by atoms with E-state index in [0.29, 0.717) is 16.3 Å². The Balaban J connectivity index is 2.44. The molecule has 1 aromatic rings. The van der Waals surface area contributed by atoms with Crippen LogP contribution in [0.25, 0.3) is 0 Å². The Hall–Kier alpha value is -1.21. The molecule has 106 valence electrons. The summed E-state index contributed by atoms with van der Waals surface area (Å²) in [5.41, 5.74) is -0.0167. The van der Waals surface area contributed by atoms with E-state index in [1.54, 1.807) is 0 Å². The van der Waals surface area contributed by atoms with Gasteiger partial charge in [0, 0.05) is 18.7 Å². The van der Waals surface area contributed by atoms with Crippen molar-refractivity contribution < 1.29 is 4.92 Å². The molecule has 1 rings (SSSR count). The second kappa shape index (κ2) is 7.40. The quantitative estimate of drug-likeness (QED) is 0.473. The van der Waals surface area contributed by atoms with Crippen LogP contribution in [-0.2, 0) is 0 Å². The lowest BCUT2D eigenvalue weighted by Crippen LogP contribution is -2.28. The van der Waals surface area contributed by atoms with Crippen LogP contribution in [0.2, 0.25) is 0 Å². The van der Waals surface area contributed by atoms with Gasteiger partial charge in [0.2, 0.25) is 0 Å². The lowest BCUT2D eigenvalue weighted by atomic mass is 10.3. The van der Waals surface area contributed by atoms with Crippen LogP contribution in [0.1, 0.15) is 20.3 Å². The van der Waals surface area contributed by atoms with Crippen molar-refractivity contribution in [3.63, 3.8) is 0 Å². The Morgan fingerprint density at radius 2 is 2.26 bits per heavy atom.